The van der Waals surface area contributed by atoms with Crippen LogP contribution in [-0.2, 0) is 16.0 Å². The Morgan fingerprint density at radius 2 is 2.25 bits per heavy atom. The number of rotatable bonds is 6. The Kier molecular flexibility index (Phi) is 5.01. The molecule has 0 radical (unpaired) electrons. The second kappa shape index (κ2) is 6.75. The van der Waals surface area contributed by atoms with Crippen LogP contribution in [-0.4, -0.2) is 43.2 Å². The van der Waals surface area contributed by atoms with Crippen LogP contribution >= 0.6 is 0 Å². The highest BCUT2D eigenvalue weighted by atomic mass is 16.5. The third-order valence-corrected chi connectivity index (χ3v) is 3.52. The Morgan fingerprint density at radius 1 is 1.45 bits per heavy atom. The van der Waals surface area contributed by atoms with E-state index in [1.54, 1.807) is 0 Å². The normalized spacial score (nSPS) is 16.9. The Bertz CT molecular complexity index is 473. The quantitative estimate of drug-likeness (QED) is 0.747. The minimum Gasteiger partial charge on any atom is -0.488 e. The van der Waals surface area contributed by atoms with E-state index in [4.69, 9.17) is 9.47 Å². The molecule has 1 aromatic carbocycles. The second-order valence-corrected chi connectivity index (χ2v) is 5.19. The fraction of sp³-hybridized carbons (Fsp3) is 0.562. The number of hydrogen-bond acceptors (Lipinski definition) is 4. The third-order valence-electron chi connectivity index (χ3n) is 3.52. The van der Waals surface area contributed by atoms with E-state index < -0.39 is 0 Å². The first kappa shape index (κ1) is 14.9. The van der Waals surface area contributed by atoms with E-state index in [1.165, 1.54) is 11.1 Å². The Morgan fingerprint density at radius 3 is 2.95 bits per heavy atom. The fourth-order valence-electron chi connectivity index (χ4n) is 2.53. The standard InChI is InChI=1S/C16H23NO3/c1-4-17(11-16(18)19-5-2)10-14-9-13-8-12(3)6-7-15(13)20-14/h6-8,14H,4-5,9-11H2,1-3H3. The number of ether oxygens (including phenoxy) is 2. The van der Waals surface area contributed by atoms with Gasteiger partial charge in [-0.2, -0.15) is 0 Å². The van der Waals surface area contributed by atoms with Gasteiger partial charge in [0.1, 0.15) is 11.9 Å². The molecule has 4 nitrogen and oxygen atoms in total. The lowest BCUT2D eigenvalue weighted by Crippen LogP contribution is -2.38. The van der Waals surface area contributed by atoms with Gasteiger partial charge in [-0.15, -0.1) is 0 Å². The van der Waals surface area contributed by atoms with Crippen LogP contribution in [0.3, 0.4) is 0 Å². The predicted octanol–water partition coefficient (Wildman–Crippen LogP) is 2.18. The summed E-state index contributed by atoms with van der Waals surface area (Å²) in [5.41, 5.74) is 2.52. The summed E-state index contributed by atoms with van der Waals surface area (Å²) >= 11 is 0. The maximum Gasteiger partial charge on any atom is 0.320 e. The molecule has 0 aromatic heterocycles. The maximum atomic E-state index is 11.5. The van der Waals surface area contributed by atoms with Gasteiger partial charge in [0.15, 0.2) is 0 Å². The van der Waals surface area contributed by atoms with Crippen LogP contribution in [0.1, 0.15) is 25.0 Å². The van der Waals surface area contributed by atoms with E-state index >= 15 is 0 Å². The third kappa shape index (κ3) is 3.73. The highest BCUT2D eigenvalue weighted by Gasteiger charge is 2.25. The van der Waals surface area contributed by atoms with Crippen LogP contribution in [0.5, 0.6) is 5.75 Å². The van der Waals surface area contributed by atoms with Crippen molar-refractivity contribution in [1.82, 2.24) is 4.90 Å². The molecule has 20 heavy (non-hydrogen) atoms. The van der Waals surface area contributed by atoms with Crippen LogP contribution in [0.4, 0.5) is 0 Å². The van der Waals surface area contributed by atoms with Crippen molar-refractivity contribution in [3.63, 3.8) is 0 Å². The molecule has 1 unspecified atom stereocenters. The van der Waals surface area contributed by atoms with Crippen molar-refractivity contribution in [3.05, 3.63) is 29.3 Å². The zero-order valence-corrected chi connectivity index (χ0v) is 12.5. The predicted molar refractivity (Wildman–Crippen MR) is 78.0 cm³/mol. The molecule has 0 aliphatic carbocycles. The van der Waals surface area contributed by atoms with Gasteiger partial charge < -0.3 is 9.47 Å². The number of aryl methyl sites for hydroxylation is 1. The van der Waals surface area contributed by atoms with Crippen LogP contribution in [0, 0.1) is 6.92 Å². The van der Waals surface area contributed by atoms with E-state index in [0.29, 0.717) is 13.2 Å². The van der Waals surface area contributed by atoms with Crippen LogP contribution in [0.25, 0.3) is 0 Å². The lowest BCUT2D eigenvalue weighted by Gasteiger charge is -2.22. The van der Waals surface area contributed by atoms with Crippen LogP contribution in [0.2, 0.25) is 0 Å². The number of likely N-dealkylation sites (N-methyl/N-ethyl adjacent to an activating group) is 1. The number of nitrogens with zero attached hydrogens (tertiary/aromatic N) is 1. The molecule has 0 fully saturated rings. The monoisotopic (exact) mass is 277 g/mol. The summed E-state index contributed by atoms with van der Waals surface area (Å²) in [6.45, 7) is 8.29. The summed E-state index contributed by atoms with van der Waals surface area (Å²) in [4.78, 5) is 13.6. The average Bonchev–Trinajstić information content (AvgIpc) is 2.79. The van der Waals surface area contributed by atoms with Gasteiger partial charge in [0.25, 0.3) is 0 Å². The van der Waals surface area contributed by atoms with Gasteiger partial charge in [0.2, 0.25) is 0 Å². The van der Waals surface area contributed by atoms with Crippen molar-refractivity contribution in [2.75, 3.05) is 26.2 Å². The molecule has 4 heteroatoms. The van der Waals surface area contributed by atoms with Gasteiger partial charge in [-0.1, -0.05) is 24.6 Å². The van der Waals surface area contributed by atoms with Gasteiger partial charge in [-0.25, -0.2) is 0 Å². The van der Waals surface area contributed by atoms with Crippen molar-refractivity contribution in [2.24, 2.45) is 0 Å². The van der Waals surface area contributed by atoms with Crippen molar-refractivity contribution in [3.8, 4) is 5.75 Å². The summed E-state index contributed by atoms with van der Waals surface area (Å²) in [7, 11) is 0. The van der Waals surface area contributed by atoms with Crippen molar-refractivity contribution in [2.45, 2.75) is 33.3 Å². The molecular formula is C16H23NO3. The smallest absolute Gasteiger partial charge is 0.320 e. The highest BCUT2D eigenvalue weighted by Crippen LogP contribution is 2.29. The topological polar surface area (TPSA) is 38.8 Å². The lowest BCUT2D eigenvalue weighted by atomic mass is 10.1. The molecule has 0 amide bonds. The summed E-state index contributed by atoms with van der Waals surface area (Å²) < 4.78 is 10.9. The molecule has 0 saturated carbocycles. The van der Waals surface area contributed by atoms with Crippen LogP contribution < -0.4 is 4.74 Å². The number of carbonyl (C=O) groups excluding carboxylic acids is 1. The Hall–Kier alpha value is -1.55. The largest absolute Gasteiger partial charge is 0.488 e. The van der Waals surface area contributed by atoms with E-state index in [9.17, 15) is 4.79 Å². The number of esters is 1. The molecule has 110 valence electrons. The molecule has 0 spiro atoms. The molecule has 1 atom stereocenters. The van der Waals surface area contributed by atoms with Crippen molar-refractivity contribution >= 4 is 5.97 Å². The minimum atomic E-state index is -0.166. The fourth-order valence-corrected chi connectivity index (χ4v) is 2.53. The Labute approximate surface area is 120 Å². The van der Waals surface area contributed by atoms with Crippen molar-refractivity contribution in [1.29, 1.82) is 0 Å². The zero-order valence-electron chi connectivity index (χ0n) is 12.5. The van der Waals surface area contributed by atoms with Gasteiger partial charge in [-0.05, 0) is 32.0 Å². The first-order valence-corrected chi connectivity index (χ1v) is 7.26. The molecule has 1 aliphatic rings. The Balaban J connectivity index is 1.89. The molecule has 2 rings (SSSR count). The molecule has 1 heterocycles. The minimum absolute atomic E-state index is 0.126. The SMILES string of the molecule is CCOC(=O)CN(CC)CC1Cc2cc(C)ccc2O1. The summed E-state index contributed by atoms with van der Waals surface area (Å²) in [6, 6.07) is 6.28. The average molecular weight is 277 g/mol. The number of hydrogen-bond donors (Lipinski definition) is 0. The molecule has 1 aromatic rings. The van der Waals surface area contributed by atoms with Gasteiger partial charge >= 0.3 is 5.97 Å². The molecule has 0 saturated heterocycles. The van der Waals surface area contributed by atoms with E-state index in [0.717, 1.165) is 25.3 Å². The first-order chi connectivity index (χ1) is 9.62. The first-order valence-electron chi connectivity index (χ1n) is 7.26. The maximum absolute atomic E-state index is 11.5. The van der Waals surface area contributed by atoms with Gasteiger partial charge in [-0.3, -0.25) is 9.69 Å². The number of carbonyl (C=O) groups is 1. The summed E-state index contributed by atoms with van der Waals surface area (Å²) in [5, 5.41) is 0. The number of fused-ring (bicyclic) bond motifs is 1. The van der Waals surface area contributed by atoms with Gasteiger partial charge in [0.05, 0.1) is 13.2 Å². The van der Waals surface area contributed by atoms with E-state index in [-0.39, 0.29) is 12.1 Å². The van der Waals surface area contributed by atoms with Gasteiger partial charge in [0, 0.05) is 13.0 Å². The van der Waals surface area contributed by atoms with E-state index in [2.05, 4.69) is 24.0 Å². The molecule has 1 aliphatic heterocycles. The molecule has 0 N–H and O–H groups in total. The van der Waals surface area contributed by atoms with Crippen LogP contribution in [0.15, 0.2) is 18.2 Å². The zero-order chi connectivity index (χ0) is 14.5. The highest BCUT2D eigenvalue weighted by molar-refractivity contribution is 5.71. The van der Waals surface area contributed by atoms with Crippen molar-refractivity contribution < 1.29 is 14.3 Å². The summed E-state index contributed by atoms with van der Waals surface area (Å²) in [6.07, 6.45) is 1.04. The number of benzene rings is 1. The van der Waals surface area contributed by atoms with E-state index in [1.807, 2.05) is 19.9 Å². The summed E-state index contributed by atoms with van der Waals surface area (Å²) in [5.74, 6) is 0.813. The lowest BCUT2D eigenvalue weighted by molar-refractivity contribution is -0.144. The second-order valence-electron chi connectivity index (χ2n) is 5.19. The molecule has 0 bridgehead atoms. The molecular weight excluding hydrogens is 254 g/mol.